The fraction of sp³-hybridized carbons (Fsp3) is 0.136. The van der Waals surface area contributed by atoms with Gasteiger partial charge in [0.15, 0.2) is 0 Å². The third-order valence-corrected chi connectivity index (χ3v) is 6.21. The Hall–Kier alpha value is -3.80. The summed E-state index contributed by atoms with van der Waals surface area (Å²) in [6, 6.07) is 14.3. The van der Waals surface area contributed by atoms with E-state index in [1.165, 1.54) is 55.6 Å². The number of sulfonamides is 1. The number of hydrogen-bond donors (Lipinski definition) is 1. The first-order chi connectivity index (χ1) is 16.0. The van der Waals surface area contributed by atoms with Crippen molar-refractivity contribution in [1.29, 1.82) is 0 Å². The van der Waals surface area contributed by atoms with Gasteiger partial charge in [0.1, 0.15) is 23.9 Å². The molecule has 0 bridgehead atoms. The Morgan fingerprint density at radius 2 is 1.47 bits per heavy atom. The Bertz CT molecular complexity index is 1230. The number of carbonyl (C=O) groups excluding carboxylic acids is 1. The van der Waals surface area contributed by atoms with Gasteiger partial charge in [-0.1, -0.05) is 0 Å². The number of rotatable bonds is 8. The van der Waals surface area contributed by atoms with E-state index in [4.69, 9.17) is 4.74 Å². The van der Waals surface area contributed by atoms with Crippen molar-refractivity contribution < 1.29 is 40.2 Å². The molecule has 0 aromatic heterocycles. The van der Waals surface area contributed by atoms with Gasteiger partial charge >= 0.3 is 6.36 Å². The highest BCUT2D eigenvalue weighted by atomic mass is 32.2. The molecule has 3 rings (SSSR count). The highest BCUT2D eigenvalue weighted by Crippen LogP contribution is 2.26. The summed E-state index contributed by atoms with van der Waals surface area (Å²) >= 11 is 0. The second kappa shape index (κ2) is 10.00. The first-order valence-electron chi connectivity index (χ1n) is 9.56. The van der Waals surface area contributed by atoms with Gasteiger partial charge in [-0.25, -0.2) is 12.8 Å². The summed E-state index contributed by atoms with van der Waals surface area (Å²) in [6.07, 6.45) is -4.86. The molecule has 1 N–H and O–H groups in total. The molecule has 180 valence electrons. The molecule has 12 heteroatoms. The average molecular weight is 498 g/mol. The van der Waals surface area contributed by atoms with Gasteiger partial charge < -0.3 is 14.8 Å². The summed E-state index contributed by atoms with van der Waals surface area (Å²) < 4.78 is 86.4. The molecule has 0 fully saturated rings. The number of nitrogens with one attached hydrogen (secondary N) is 1. The lowest BCUT2D eigenvalue weighted by molar-refractivity contribution is -0.274. The second-order valence-electron chi connectivity index (χ2n) is 6.78. The number of methoxy groups -OCH3 is 1. The molecule has 0 aliphatic rings. The van der Waals surface area contributed by atoms with Crippen LogP contribution in [-0.2, 0) is 14.8 Å². The van der Waals surface area contributed by atoms with Gasteiger partial charge in [0.2, 0.25) is 5.91 Å². The Labute approximate surface area is 192 Å². The van der Waals surface area contributed by atoms with Crippen LogP contribution in [0.1, 0.15) is 0 Å². The van der Waals surface area contributed by atoms with E-state index in [2.05, 4.69) is 10.1 Å². The van der Waals surface area contributed by atoms with Gasteiger partial charge in [-0.15, -0.1) is 13.2 Å². The minimum absolute atomic E-state index is 0.0290. The van der Waals surface area contributed by atoms with Crippen LogP contribution in [0.4, 0.5) is 28.9 Å². The molecular formula is C22H18F4N2O5S. The van der Waals surface area contributed by atoms with Crippen LogP contribution in [0.3, 0.4) is 0 Å². The van der Waals surface area contributed by atoms with Crippen LogP contribution in [0.2, 0.25) is 0 Å². The second-order valence-corrected chi connectivity index (χ2v) is 8.65. The number of amides is 1. The smallest absolute Gasteiger partial charge is 0.497 e. The fourth-order valence-electron chi connectivity index (χ4n) is 2.87. The number of halogens is 4. The van der Waals surface area contributed by atoms with E-state index in [0.29, 0.717) is 5.75 Å². The number of anilines is 2. The minimum Gasteiger partial charge on any atom is -0.497 e. The standard InChI is InChI=1S/C22H18F4N2O5S/c1-32-18-10-12-20(13-11-18)34(30,31)28(17-6-2-15(23)3-7-17)14-21(29)27-16-4-8-19(9-5-16)33-22(24,25)26/h2-13H,14H2,1H3,(H,27,29). The Kier molecular flexibility index (Phi) is 7.30. The molecule has 0 saturated carbocycles. The van der Waals surface area contributed by atoms with Gasteiger partial charge in [-0.05, 0) is 72.8 Å². The van der Waals surface area contributed by atoms with Crippen molar-refractivity contribution in [1.82, 2.24) is 0 Å². The molecule has 0 saturated heterocycles. The van der Waals surface area contributed by atoms with Crippen molar-refractivity contribution in [3.05, 3.63) is 78.6 Å². The molecule has 3 aromatic rings. The first kappa shape index (κ1) is 24.8. The van der Waals surface area contributed by atoms with Crippen molar-refractivity contribution in [2.24, 2.45) is 0 Å². The molecule has 0 unspecified atom stereocenters. The van der Waals surface area contributed by atoms with E-state index in [1.807, 2.05) is 0 Å². The molecule has 0 spiro atoms. The van der Waals surface area contributed by atoms with E-state index < -0.39 is 40.4 Å². The van der Waals surface area contributed by atoms with Crippen molar-refractivity contribution >= 4 is 27.3 Å². The highest BCUT2D eigenvalue weighted by molar-refractivity contribution is 7.92. The summed E-state index contributed by atoms with van der Waals surface area (Å²) in [5.41, 5.74) is 0.140. The fourth-order valence-corrected chi connectivity index (χ4v) is 4.29. The molecule has 0 aliphatic heterocycles. The van der Waals surface area contributed by atoms with Gasteiger partial charge in [-0.3, -0.25) is 9.10 Å². The maximum Gasteiger partial charge on any atom is 0.573 e. The van der Waals surface area contributed by atoms with E-state index >= 15 is 0 Å². The Morgan fingerprint density at radius 1 is 0.912 bits per heavy atom. The minimum atomic E-state index is -4.86. The SMILES string of the molecule is COc1ccc(S(=O)(=O)N(CC(=O)Nc2ccc(OC(F)(F)F)cc2)c2ccc(F)cc2)cc1. The van der Waals surface area contributed by atoms with Gasteiger partial charge in [0.05, 0.1) is 17.7 Å². The summed E-state index contributed by atoms with van der Waals surface area (Å²) in [4.78, 5) is 12.5. The van der Waals surface area contributed by atoms with Gasteiger partial charge in [0.25, 0.3) is 10.0 Å². The predicted octanol–water partition coefficient (Wildman–Crippen LogP) is 4.57. The zero-order valence-corrected chi connectivity index (χ0v) is 18.4. The summed E-state index contributed by atoms with van der Waals surface area (Å²) in [7, 11) is -2.84. The van der Waals surface area contributed by atoms with Crippen LogP contribution >= 0.6 is 0 Å². The van der Waals surface area contributed by atoms with Crippen LogP contribution in [0, 0.1) is 5.82 Å². The number of benzene rings is 3. The number of hydrogen-bond acceptors (Lipinski definition) is 5. The summed E-state index contributed by atoms with van der Waals surface area (Å²) in [6.45, 7) is -0.694. The Balaban J connectivity index is 1.84. The number of nitrogens with zero attached hydrogens (tertiary/aromatic N) is 1. The maximum absolute atomic E-state index is 13.4. The molecule has 0 aliphatic carbocycles. The monoisotopic (exact) mass is 498 g/mol. The zero-order valence-electron chi connectivity index (χ0n) is 17.5. The zero-order chi connectivity index (χ0) is 24.9. The first-order valence-corrected chi connectivity index (χ1v) is 11.0. The van der Waals surface area contributed by atoms with Crippen LogP contribution in [0.15, 0.2) is 77.7 Å². The van der Waals surface area contributed by atoms with Crippen LogP contribution in [0.5, 0.6) is 11.5 Å². The Morgan fingerprint density at radius 3 is 2.00 bits per heavy atom. The summed E-state index contributed by atoms with van der Waals surface area (Å²) in [5, 5.41) is 2.41. The van der Waals surface area contributed by atoms with E-state index in [9.17, 15) is 30.8 Å². The van der Waals surface area contributed by atoms with Crippen molar-refractivity contribution in [3.63, 3.8) is 0 Å². The molecule has 1 amide bonds. The lowest BCUT2D eigenvalue weighted by atomic mass is 10.3. The highest BCUT2D eigenvalue weighted by Gasteiger charge is 2.31. The largest absolute Gasteiger partial charge is 0.573 e. The molecule has 7 nitrogen and oxygen atoms in total. The lowest BCUT2D eigenvalue weighted by Gasteiger charge is -2.24. The average Bonchev–Trinajstić information content (AvgIpc) is 2.78. The van der Waals surface area contributed by atoms with E-state index in [-0.39, 0.29) is 16.3 Å². The number of alkyl halides is 3. The normalized spacial score (nSPS) is 11.6. The van der Waals surface area contributed by atoms with Gasteiger partial charge in [-0.2, -0.15) is 0 Å². The number of carbonyl (C=O) groups is 1. The van der Waals surface area contributed by atoms with Crippen LogP contribution in [0.25, 0.3) is 0 Å². The summed E-state index contributed by atoms with van der Waals surface area (Å²) in [5.74, 6) is -1.45. The molecule has 34 heavy (non-hydrogen) atoms. The van der Waals surface area contributed by atoms with E-state index in [1.54, 1.807) is 0 Å². The maximum atomic E-state index is 13.4. The van der Waals surface area contributed by atoms with Crippen molar-refractivity contribution in [2.45, 2.75) is 11.3 Å². The van der Waals surface area contributed by atoms with Crippen molar-refractivity contribution in [2.75, 3.05) is 23.3 Å². The van der Waals surface area contributed by atoms with Gasteiger partial charge in [0, 0.05) is 5.69 Å². The van der Waals surface area contributed by atoms with Crippen LogP contribution < -0.4 is 19.1 Å². The third kappa shape index (κ3) is 6.38. The number of ether oxygens (including phenoxy) is 2. The quantitative estimate of drug-likeness (QED) is 0.460. The third-order valence-electron chi connectivity index (χ3n) is 4.42. The predicted molar refractivity (Wildman–Crippen MR) is 116 cm³/mol. The molecular weight excluding hydrogens is 480 g/mol. The molecule has 0 atom stereocenters. The van der Waals surface area contributed by atoms with Crippen LogP contribution in [-0.4, -0.2) is 34.3 Å². The van der Waals surface area contributed by atoms with Crippen molar-refractivity contribution in [3.8, 4) is 11.5 Å². The molecule has 3 aromatic carbocycles. The van der Waals surface area contributed by atoms with E-state index in [0.717, 1.165) is 28.6 Å². The lowest BCUT2D eigenvalue weighted by Crippen LogP contribution is -2.38. The topological polar surface area (TPSA) is 84.9 Å². The molecule has 0 radical (unpaired) electrons. The molecule has 0 heterocycles.